The maximum Gasteiger partial charge on any atom is 0.224 e. The summed E-state index contributed by atoms with van der Waals surface area (Å²) in [7, 11) is 0. The molecule has 1 heterocycles. The molecular formula is C14H20N2O2S. The first-order chi connectivity index (χ1) is 9.08. The van der Waals surface area contributed by atoms with Gasteiger partial charge in [0, 0.05) is 5.69 Å². The average molecular weight is 280 g/mol. The second-order valence-corrected chi connectivity index (χ2v) is 5.37. The number of hydrogen-bond acceptors (Lipinski definition) is 4. The molecule has 0 aromatic carbocycles. The molecule has 0 aliphatic heterocycles. The van der Waals surface area contributed by atoms with Gasteiger partial charge in [-0.25, -0.2) is 4.98 Å². The first kappa shape index (κ1) is 14.2. The number of nitrogens with two attached hydrogens (primary N) is 1. The van der Waals surface area contributed by atoms with Crippen molar-refractivity contribution in [1.82, 2.24) is 4.98 Å². The molecule has 1 aliphatic carbocycles. The van der Waals surface area contributed by atoms with E-state index >= 15 is 0 Å². The molecule has 0 bridgehead atoms. The zero-order valence-corrected chi connectivity index (χ0v) is 12.3. The summed E-state index contributed by atoms with van der Waals surface area (Å²) < 4.78 is 11.1. The van der Waals surface area contributed by atoms with E-state index in [2.05, 4.69) is 4.98 Å². The number of aryl methyl sites for hydroxylation is 2. The van der Waals surface area contributed by atoms with Gasteiger partial charge in [-0.05, 0) is 44.7 Å². The van der Waals surface area contributed by atoms with Crippen LogP contribution in [-0.4, -0.2) is 29.3 Å². The van der Waals surface area contributed by atoms with Gasteiger partial charge in [0.2, 0.25) is 5.88 Å². The van der Waals surface area contributed by atoms with Crippen LogP contribution in [0.5, 0.6) is 5.88 Å². The Labute approximate surface area is 119 Å². The lowest BCUT2D eigenvalue weighted by Gasteiger charge is -2.13. The standard InChI is InChI=1S/C14H20N2O2S/c1-9(2)17-6-7-18-14-11(13(15)19)8-10-4-3-5-12(10)16-14/h8-9H,3-7H2,1-2H3,(H2,15,19). The molecular weight excluding hydrogens is 260 g/mol. The van der Waals surface area contributed by atoms with Crippen molar-refractivity contribution in [2.45, 2.75) is 39.2 Å². The summed E-state index contributed by atoms with van der Waals surface area (Å²) in [6, 6.07) is 2.02. The molecule has 0 saturated carbocycles. The Kier molecular flexibility index (Phi) is 4.71. The molecule has 0 unspecified atom stereocenters. The topological polar surface area (TPSA) is 57.4 Å². The van der Waals surface area contributed by atoms with Gasteiger partial charge < -0.3 is 15.2 Å². The first-order valence-electron chi connectivity index (χ1n) is 6.65. The van der Waals surface area contributed by atoms with Gasteiger partial charge in [0.15, 0.2) is 0 Å². The van der Waals surface area contributed by atoms with Crippen molar-refractivity contribution in [2.24, 2.45) is 5.73 Å². The van der Waals surface area contributed by atoms with Crippen LogP contribution in [-0.2, 0) is 17.6 Å². The minimum atomic E-state index is 0.201. The number of hydrogen-bond donors (Lipinski definition) is 1. The number of fused-ring (bicyclic) bond motifs is 1. The van der Waals surface area contributed by atoms with Gasteiger partial charge in [-0.2, -0.15) is 0 Å². The van der Waals surface area contributed by atoms with E-state index in [0.29, 0.717) is 24.1 Å². The predicted octanol–water partition coefficient (Wildman–Crippen LogP) is 2.01. The molecule has 104 valence electrons. The van der Waals surface area contributed by atoms with Gasteiger partial charge in [-0.1, -0.05) is 12.2 Å². The van der Waals surface area contributed by atoms with Crippen molar-refractivity contribution in [3.63, 3.8) is 0 Å². The summed E-state index contributed by atoms with van der Waals surface area (Å²) >= 11 is 5.07. The van der Waals surface area contributed by atoms with E-state index in [9.17, 15) is 0 Å². The molecule has 1 aromatic rings. The Morgan fingerprint density at radius 3 is 2.89 bits per heavy atom. The van der Waals surface area contributed by atoms with Crippen LogP contribution in [0.4, 0.5) is 0 Å². The summed E-state index contributed by atoms with van der Waals surface area (Å²) in [6.07, 6.45) is 3.39. The van der Waals surface area contributed by atoms with Crippen molar-refractivity contribution in [3.05, 3.63) is 22.9 Å². The molecule has 1 aromatic heterocycles. The summed E-state index contributed by atoms with van der Waals surface area (Å²) in [4.78, 5) is 4.88. The molecule has 0 radical (unpaired) electrons. The lowest BCUT2D eigenvalue weighted by molar-refractivity contribution is 0.0542. The van der Waals surface area contributed by atoms with Crippen LogP contribution in [0.2, 0.25) is 0 Å². The Bertz CT molecular complexity index is 475. The maximum atomic E-state index is 5.74. The molecule has 0 saturated heterocycles. The minimum absolute atomic E-state index is 0.201. The number of pyridine rings is 1. The molecule has 4 nitrogen and oxygen atoms in total. The fraction of sp³-hybridized carbons (Fsp3) is 0.571. The van der Waals surface area contributed by atoms with Gasteiger partial charge >= 0.3 is 0 Å². The van der Waals surface area contributed by atoms with E-state index in [0.717, 1.165) is 30.5 Å². The Balaban J connectivity index is 2.08. The first-order valence-corrected chi connectivity index (χ1v) is 7.05. The zero-order chi connectivity index (χ0) is 13.8. The molecule has 0 spiro atoms. The van der Waals surface area contributed by atoms with Gasteiger partial charge in [-0.15, -0.1) is 0 Å². The van der Waals surface area contributed by atoms with Gasteiger partial charge in [0.05, 0.1) is 18.3 Å². The third kappa shape index (κ3) is 3.64. The van der Waals surface area contributed by atoms with Crippen molar-refractivity contribution in [3.8, 4) is 5.88 Å². The fourth-order valence-corrected chi connectivity index (χ4v) is 2.31. The van der Waals surface area contributed by atoms with Crippen LogP contribution >= 0.6 is 12.2 Å². The van der Waals surface area contributed by atoms with Gasteiger partial charge in [-0.3, -0.25) is 0 Å². The molecule has 2 N–H and O–H groups in total. The van der Waals surface area contributed by atoms with E-state index in [4.69, 9.17) is 27.4 Å². The second-order valence-electron chi connectivity index (χ2n) is 4.93. The van der Waals surface area contributed by atoms with Crippen LogP contribution in [0.25, 0.3) is 0 Å². The van der Waals surface area contributed by atoms with E-state index in [1.807, 2.05) is 19.9 Å². The highest BCUT2D eigenvalue weighted by molar-refractivity contribution is 7.80. The fourth-order valence-electron chi connectivity index (χ4n) is 2.16. The molecule has 0 amide bonds. The summed E-state index contributed by atoms with van der Waals surface area (Å²) in [5, 5.41) is 0. The molecule has 1 aliphatic rings. The van der Waals surface area contributed by atoms with E-state index < -0.39 is 0 Å². The van der Waals surface area contributed by atoms with Gasteiger partial charge in [0.25, 0.3) is 0 Å². The van der Waals surface area contributed by atoms with E-state index in [1.54, 1.807) is 0 Å². The van der Waals surface area contributed by atoms with Crippen LogP contribution in [0.3, 0.4) is 0 Å². The largest absolute Gasteiger partial charge is 0.475 e. The molecule has 0 fully saturated rings. The predicted molar refractivity (Wildman–Crippen MR) is 78.7 cm³/mol. The lowest BCUT2D eigenvalue weighted by atomic mass is 10.1. The lowest BCUT2D eigenvalue weighted by Crippen LogP contribution is -2.17. The Morgan fingerprint density at radius 2 is 2.21 bits per heavy atom. The average Bonchev–Trinajstić information content (AvgIpc) is 2.80. The summed E-state index contributed by atoms with van der Waals surface area (Å²) in [5.41, 5.74) is 8.83. The molecule has 0 atom stereocenters. The minimum Gasteiger partial charge on any atom is -0.475 e. The highest BCUT2D eigenvalue weighted by Crippen LogP contribution is 2.26. The van der Waals surface area contributed by atoms with Crippen LogP contribution < -0.4 is 10.5 Å². The highest BCUT2D eigenvalue weighted by Gasteiger charge is 2.18. The van der Waals surface area contributed by atoms with Gasteiger partial charge in [0.1, 0.15) is 11.6 Å². The quantitative estimate of drug-likeness (QED) is 0.638. The number of nitrogens with zero attached hydrogens (tertiary/aromatic N) is 1. The number of aromatic nitrogens is 1. The van der Waals surface area contributed by atoms with Crippen LogP contribution in [0.15, 0.2) is 6.07 Å². The summed E-state index contributed by atoms with van der Waals surface area (Å²) in [5.74, 6) is 0.542. The SMILES string of the molecule is CC(C)OCCOc1nc2c(cc1C(N)=S)CCC2. The Hall–Kier alpha value is -1.20. The maximum absolute atomic E-state index is 5.74. The van der Waals surface area contributed by atoms with Crippen molar-refractivity contribution in [2.75, 3.05) is 13.2 Å². The van der Waals surface area contributed by atoms with Crippen molar-refractivity contribution >= 4 is 17.2 Å². The molecule has 2 rings (SSSR count). The Morgan fingerprint density at radius 1 is 1.42 bits per heavy atom. The number of ether oxygens (including phenoxy) is 2. The van der Waals surface area contributed by atoms with Crippen LogP contribution in [0, 0.1) is 0 Å². The van der Waals surface area contributed by atoms with Crippen molar-refractivity contribution in [1.29, 1.82) is 0 Å². The third-order valence-electron chi connectivity index (χ3n) is 3.05. The monoisotopic (exact) mass is 280 g/mol. The molecule has 5 heteroatoms. The molecule has 19 heavy (non-hydrogen) atoms. The van der Waals surface area contributed by atoms with E-state index in [-0.39, 0.29) is 6.10 Å². The summed E-state index contributed by atoms with van der Waals surface area (Å²) in [6.45, 7) is 4.98. The van der Waals surface area contributed by atoms with Crippen molar-refractivity contribution < 1.29 is 9.47 Å². The third-order valence-corrected chi connectivity index (χ3v) is 3.27. The highest BCUT2D eigenvalue weighted by atomic mass is 32.1. The number of thiocarbonyl (C=S) groups is 1. The zero-order valence-electron chi connectivity index (χ0n) is 11.4. The second kappa shape index (κ2) is 6.30. The van der Waals surface area contributed by atoms with Crippen LogP contribution in [0.1, 0.15) is 37.1 Å². The normalized spacial score (nSPS) is 13.6. The van der Waals surface area contributed by atoms with E-state index in [1.165, 1.54) is 5.56 Å². The smallest absolute Gasteiger partial charge is 0.224 e. The number of rotatable bonds is 6.